The third-order valence-corrected chi connectivity index (χ3v) is 3.76. The van der Waals surface area contributed by atoms with Gasteiger partial charge in [0.1, 0.15) is 5.75 Å². The molecular formula is C15H7Cl3O3. The Hall–Kier alpha value is -1.68. The molecule has 0 atom stereocenters. The Morgan fingerprint density at radius 1 is 1.05 bits per heavy atom. The molecule has 3 rings (SSSR count). The van der Waals surface area contributed by atoms with Crippen molar-refractivity contribution in [1.29, 1.82) is 0 Å². The summed E-state index contributed by atoms with van der Waals surface area (Å²) >= 11 is 17.7. The van der Waals surface area contributed by atoms with E-state index < -0.39 is 0 Å². The highest BCUT2D eigenvalue weighted by Gasteiger charge is 2.30. The molecule has 1 heterocycles. The number of benzene rings is 2. The third kappa shape index (κ3) is 2.60. The van der Waals surface area contributed by atoms with Crippen molar-refractivity contribution in [2.45, 2.75) is 0 Å². The van der Waals surface area contributed by atoms with Gasteiger partial charge in [-0.05, 0) is 35.9 Å². The summed E-state index contributed by atoms with van der Waals surface area (Å²) in [7, 11) is 0. The van der Waals surface area contributed by atoms with E-state index in [9.17, 15) is 9.90 Å². The number of phenols is 1. The van der Waals surface area contributed by atoms with E-state index >= 15 is 0 Å². The number of hydrogen-bond donors (Lipinski definition) is 1. The summed E-state index contributed by atoms with van der Waals surface area (Å²) in [5, 5.41) is 10.2. The predicted octanol–water partition coefficient (Wildman–Crippen LogP) is 4.97. The lowest BCUT2D eigenvalue weighted by Crippen LogP contribution is -1.98. The molecule has 2 aromatic rings. The summed E-state index contributed by atoms with van der Waals surface area (Å²) in [6, 6.07) is 7.59. The van der Waals surface area contributed by atoms with Crippen molar-refractivity contribution in [3.05, 3.63) is 62.3 Å². The number of fused-ring (bicyclic) bond motifs is 1. The molecule has 1 N–H and O–H groups in total. The smallest absolute Gasteiger partial charge is 0.232 e. The number of carbonyl (C=O) groups excluding carboxylic acids is 1. The van der Waals surface area contributed by atoms with Crippen LogP contribution < -0.4 is 4.74 Å². The zero-order valence-electron chi connectivity index (χ0n) is 10.4. The maximum absolute atomic E-state index is 12.3. The Kier molecular flexibility index (Phi) is 3.57. The van der Waals surface area contributed by atoms with E-state index in [4.69, 9.17) is 39.5 Å². The molecule has 0 saturated heterocycles. The van der Waals surface area contributed by atoms with Crippen LogP contribution >= 0.6 is 34.8 Å². The van der Waals surface area contributed by atoms with Crippen molar-refractivity contribution in [3.8, 4) is 11.5 Å². The largest absolute Gasteiger partial charge is 0.506 e. The van der Waals surface area contributed by atoms with Crippen LogP contribution in [-0.2, 0) is 0 Å². The first-order valence-corrected chi connectivity index (χ1v) is 7.01. The van der Waals surface area contributed by atoms with Crippen LogP contribution in [0, 0.1) is 0 Å². The number of ketones is 1. The minimum absolute atomic E-state index is 0.0319. The van der Waals surface area contributed by atoms with E-state index in [2.05, 4.69) is 0 Å². The molecule has 0 bridgehead atoms. The SMILES string of the molecule is O=C1C(=Cc2ccc(O)c(Cl)c2)Oc2c(Cl)cc(Cl)cc21. The zero-order valence-corrected chi connectivity index (χ0v) is 12.6. The maximum Gasteiger partial charge on any atom is 0.232 e. The molecule has 1 aliphatic rings. The summed E-state index contributed by atoms with van der Waals surface area (Å²) < 4.78 is 5.49. The van der Waals surface area contributed by atoms with E-state index in [0.29, 0.717) is 21.9 Å². The molecular weight excluding hydrogens is 335 g/mol. The highest BCUT2D eigenvalue weighted by molar-refractivity contribution is 6.37. The molecule has 21 heavy (non-hydrogen) atoms. The topological polar surface area (TPSA) is 46.5 Å². The number of rotatable bonds is 1. The lowest BCUT2D eigenvalue weighted by atomic mass is 10.1. The van der Waals surface area contributed by atoms with Crippen LogP contribution in [-0.4, -0.2) is 10.9 Å². The fourth-order valence-electron chi connectivity index (χ4n) is 1.98. The fourth-order valence-corrected chi connectivity index (χ4v) is 2.70. The molecule has 3 nitrogen and oxygen atoms in total. The van der Waals surface area contributed by atoms with Gasteiger partial charge in [0.05, 0.1) is 15.6 Å². The van der Waals surface area contributed by atoms with Crippen LogP contribution in [0.3, 0.4) is 0 Å². The molecule has 2 aromatic carbocycles. The molecule has 106 valence electrons. The Labute approximate surface area is 135 Å². The van der Waals surface area contributed by atoms with Gasteiger partial charge >= 0.3 is 0 Å². The van der Waals surface area contributed by atoms with Crippen molar-refractivity contribution in [2.24, 2.45) is 0 Å². The van der Waals surface area contributed by atoms with E-state index in [1.807, 2.05) is 0 Å². The first-order chi connectivity index (χ1) is 9.95. The van der Waals surface area contributed by atoms with Crippen LogP contribution in [0.5, 0.6) is 11.5 Å². The number of ether oxygens (including phenoxy) is 1. The Balaban J connectivity index is 2.03. The summed E-state index contributed by atoms with van der Waals surface area (Å²) in [6.07, 6.45) is 1.53. The molecule has 0 fully saturated rings. The monoisotopic (exact) mass is 340 g/mol. The van der Waals surface area contributed by atoms with Crippen molar-refractivity contribution < 1.29 is 14.6 Å². The zero-order chi connectivity index (χ0) is 15.1. The predicted molar refractivity (Wildman–Crippen MR) is 82.5 cm³/mol. The number of Topliss-reactive ketones (excluding diaryl/α,β-unsaturated/α-hetero) is 1. The quantitative estimate of drug-likeness (QED) is 0.745. The lowest BCUT2D eigenvalue weighted by molar-refractivity contribution is 0.101. The Bertz CT molecular complexity index is 797. The third-order valence-electron chi connectivity index (χ3n) is 2.96. The van der Waals surface area contributed by atoms with Gasteiger partial charge in [0.25, 0.3) is 0 Å². The molecule has 0 radical (unpaired) electrons. The number of halogens is 3. The molecule has 0 unspecified atom stereocenters. The van der Waals surface area contributed by atoms with E-state index in [1.165, 1.54) is 30.3 Å². The van der Waals surface area contributed by atoms with Crippen molar-refractivity contribution >= 4 is 46.7 Å². The van der Waals surface area contributed by atoms with Crippen molar-refractivity contribution in [2.75, 3.05) is 0 Å². The highest BCUT2D eigenvalue weighted by atomic mass is 35.5. The van der Waals surface area contributed by atoms with Crippen molar-refractivity contribution in [1.82, 2.24) is 0 Å². The maximum atomic E-state index is 12.3. The Morgan fingerprint density at radius 2 is 1.81 bits per heavy atom. The molecule has 0 aliphatic carbocycles. The van der Waals surface area contributed by atoms with E-state index in [0.717, 1.165) is 0 Å². The molecule has 0 amide bonds. The minimum Gasteiger partial charge on any atom is -0.506 e. The van der Waals surface area contributed by atoms with Gasteiger partial charge in [-0.1, -0.05) is 40.9 Å². The first kappa shape index (κ1) is 14.3. The standard InChI is InChI=1S/C15H7Cl3O3/c16-8-5-9-14(20)13(21-15(9)11(18)6-8)4-7-1-2-12(19)10(17)3-7/h1-6,19H. The molecule has 1 aliphatic heterocycles. The second-order valence-corrected chi connectivity index (χ2v) is 5.67. The van der Waals surface area contributed by atoms with Crippen LogP contribution in [0.2, 0.25) is 15.1 Å². The summed E-state index contributed by atoms with van der Waals surface area (Å²) in [5.74, 6) is 0.0762. The average Bonchev–Trinajstić information content (AvgIpc) is 2.72. The van der Waals surface area contributed by atoms with Crippen LogP contribution in [0.25, 0.3) is 6.08 Å². The van der Waals surface area contributed by atoms with Gasteiger partial charge in [-0.25, -0.2) is 0 Å². The fraction of sp³-hybridized carbons (Fsp3) is 0. The van der Waals surface area contributed by atoms with Gasteiger partial charge < -0.3 is 9.84 Å². The second-order valence-electron chi connectivity index (χ2n) is 4.41. The highest BCUT2D eigenvalue weighted by Crippen LogP contribution is 2.40. The molecule has 6 heteroatoms. The minimum atomic E-state index is -0.307. The van der Waals surface area contributed by atoms with Gasteiger partial charge in [-0.3, -0.25) is 4.79 Å². The van der Waals surface area contributed by atoms with Crippen molar-refractivity contribution in [3.63, 3.8) is 0 Å². The lowest BCUT2D eigenvalue weighted by Gasteiger charge is -2.02. The van der Waals surface area contributed by atoms with Gasteiger partial charge in [0, 0.05) is 5.02 Å². The summed E-state index contributed by atoms with van der Waals surface area (Å²) in [6.45, 7) is 0. The number of aromatic hydroxyl groups is 1. The Morgan fingerprint density at radius 3 is 2.52 bits per heavy atom. The van der Waals surface area contributed by atoms with Crippen LogP contribution in [0.4, 0.5) is 0 Å². The first-order valence-electron chi connectivity index (χ1n) is 5.87. The number of allylic oxidation sites excluding steroid dienone is 1. The second kappa shape index (κ2) is 5.26. The van der Waals surface area contributed by atoms with Gasteiger partial charge in [-0.2, -0.15) is 0 Å². The summed E-state index contributed by atoms with van der Waals surface area (Å²) in [4.78, 5) is 12.3. The number of hydrogen-bond acceptors (Lipinski definition) is 3. The van der Waals surface area contributed by atoms with Gasteiger partial charge in [-0.15, -0.1) is 0 Å². The molecule has 0 spiro atoms. The normalized spacial score (nSPS) is 15.2. The molecule has 0 saturated carbocycles. The van der Waals surface area contributed by atoms with Crippen LogP contribution in [0.15, 0.2) is 36.1 Å². The number of carbonyl (C=O) groups is 1. The average molecular weight is 342 g/mol. The van der Waals surface area contributed by atoms with Crippen LogP contribution in [0.1, 0.15) is 15.9 Å². The van der Waals surface area contributed by atoms with E-state index in [-0.39, 0.29) is 27.3 Å². The van der Waals surface area contributed by atoms with E-state index in [1.54, 1.807) is 6.07 Å². The summed E-state index contributed by atoms with van der Waals surface area (Å²) in [5.41, 5.74) is 0.944. The number of phenolic OH excluding ortho intramolecular Hbond substituents is 1. The molecule has 0 aromatic heterocycles. The van der Waals surface area contributed by atoms with Gasteiger partial charge in [0.15, 0.2) is 11.5 Å². The van der Waals surface area contributed by atoms with Gasteiger partial charge in [0.2, 0.25) is 5.78 Å².